The van der Waals surface area contributed by atoms with Gasteiger partial charge < -0.3 is 9.47 Å². The Hall–Kier alpha value is -2.62. The van der Waals surface area contributed by atoms with Crippen LogP contribution < -0.4 is 9.47 Å². The van der Waals surface area contributed by atoms with Crippen LogP contribution in [-0.2, 0) is 0 Å². The van der Waals surface area contributed by atoms with Crippen LogP contribution in [-0.4, -0.2) is 16.6 Å². The molecule has 4 heteroatoms. The van der Waals surface area contributed by atoms with Crippen LogP contribution in [0, 0.1) is 0 Å². The highest BCUT2D eigenvalue weighted by molar-refractivity contribution is 5.83. The molecule has 3 aromatic rings. The minimum Gasteiger partial charge on any atom is -0.494 e. The number of para-hydroxylation sites is 1. The number of hydrogen-bond acceptors (Lipinski definition) is 4. The van der Waals surface area contributed by atoms with E-state index in [2.05, 4.69) is 9.97 Å². The van der Waals surface area contributed by atoms with Crippen molar-refractivity contribution in [2.24, 2.45) is 0 Å². The summed E-state index contributed by atoms with van der Waals surface area (Å²) in [6.45, 7) is 2.61. The summed E-state index contributed by atoms with van der Waals surface area (Å²) in [4.78, 5) is 8.41. The molecule has 0 aliphatic heterocycles. The minimum absolute atomic E-state index is 0.555. The summed E-state index contributed by atoms with van der Waals surface area (Å²) >= 11 is 0. The zero-order valence-corrected chi connectivity index (χ0v) is 11.1. The lowest BCUT2D eigenvalue weighted by atomic mass is 10.2. The third-order valence-electron chi connectivity index (χ3n) is 2.86. The molecule has 3 rings (SSSR count). The van der Waals surface area contributed by atoms with Crippen LogP contribution in [0.3, 0.4) is 0 Å². The molecule has 0 aliphatic rings. The highest BCUT2D eigenvalue weighted by atomic mass is 16.5. The molecule has 1 aromatic heterocycles. The van der Waals surface area contributed by atoms with E-state index in [1.54, 1.807) is 0 Å². The van der Waals surface area contributed by atoms with Crippen molar-refractivity contribution in [1.29, 1.82) is 0 Å². The van der Waals surface area contributed by atoms with Crippen LogP contribution >= 0.6 is 0 Å². The number of benzene rings is 2. The van der Waals surface area contributed by atoms with Gasteiger partial charge in [0, 0.05) is 0 Å². The quantitative estimate of drug-likeness (QED) is 0.720. The summed E-state index contributed by atoms with van der Waals surface area (Å²) in [6, 6.07) is 15.2. The van der Waals surface area contributed by atoms with Crippen LogP contribution in [0.25, 0.3) is 10.9 Å². The first-order valence-electron chi connectivity index (χ1n) is 6.47. The van der Waals surface area contributed by atoms with Gasteiger partial charge >= 0.3 is 0 Å². The second-order valence-corrected chi connectivity index (χ2v) is 4.20. The maximum Gasteiger partial charge on any atom is 0.230 e. The molecule has 2 aromatic carbocycles. The normalized spacial score (nSPS) is 10.4. The highest BCUT2D eigenvalue weighted by Crippen LogP contribution is 2.27. The summed E-state index contributed by atoms with van der Waals surface area (Å²) in [6.07, 6.45) is 1.51. The lowest BCUT2D eigenvalue weighted by Gasteiger charge is -2.08. The van der Waals surface area contributed by atoms with Crippen LogP contribution in [0.1, 0.15) is 6.92 Å². The standard InChI is InChI=1S/C16H14N2O2/c1-2-19-12-7-9-13(10-8-12)20-16-14-5-3-4-6-15(14)17-11-18-16/h3-11H,2H2,1H3. The maximum absolute atomic E-state index is 5.82. The molecular weight excluding hydrogens is 252 g/mol. The maximum atomic E-state index is 5.82. The molecule has 0 aliphatic carbocycles. The Morgan fingerprint density at radius 3 is 2.45 bits per heavy atom. The Kier molecular flexibility index (Phi) is 3.46. The zero-order chi connectivity index (χ0) is 13.8. The molecule has 0 N–H and O–H groups in total. The third kappa shape index (κ3) is 2.54. The smallest absolute Gasteiger partial charge is 0.230 e. The van der Waals surface area contributed by atoms with Gasteiger partial charge in [-0.15, -0.1) is 0 Å². The van der Waals surface area contributed by atoms with E-state index in [-0.39, 0.29) is 0 Å². The second-order valence-electron chi connectivity index (χ2n) is 4.20. The fraction of sp³-hybridized carbons (Fsp3) is 0.125. The summed E-state index contributed by atoms with van der Waals surface area (Å²) in [7, 11) is 0. The van der Waals surface area contributed by atoms with Gasteiger partial charge in [-0.25, -0.2) is 9.97 Å². The lowest BCUT2D eigenvalue weighted by Crippen LogP contribution is -1.93. The first-order chi connectivity index (χ1) is 9.86. The Bertz CT molecular complexity index is 706. The minimum atomic E-state index is 0.555. The number of aromatic nitrogens is 2. The number of ether oxygens (including phenoxy) is 2. The van der Waals surface area contributed by atoms with Crippen LogP contribution in [0.2, 0.25) is 0 Å². The SMILES string of the molecule is CCOc1ccc(Oc2ncnc3ccccc23)cc1. The average Bonchev–Trinajstić information content (AvgIpc) is 2.50. The second kappa shape index (κ2) is 5.57. The van der Waals surface area contributed by atoms with E-state index in [1.165, 1.54) is 6.33 Å². The van der Waals surface area contributed by atoms with E-state index in [4.69, 9.17) is 9.47 Å². The topological polar surface area (TPSA) is 44.2 Å². The summed E-state index contributed by atoms with van der Waals surface area (Å²) in [5, 5.41) is 0.892. The molecule has 0 amide bonds. The first-order valence-corrected chi connectivity index (χ1v) is 6.47. The van der Waals surface area contributed by atoms with Gasteiger partial charge in [-0.1, -0.05) is 12.1 Å². The fourth-order valence-electron chi connectivity index (χ4n) is 1.94. The van der Waals surface area contributed by atoms with Crippen molar-refractivity contribution in [3.05, 3.63) is 54.9 Å². The van der Waals surface area contributed by atoms with Gasteiger partial charge in [0.15, 0.2) is 0 Å². The van der Waals surface area contributed by atoms with Gasteiger partial charge in [-0.2, -0.15) is 0 Å². The number of fused-ring (bicyclic) bond motifs is 1. The van der Waals surface area contributed by atoms with E-state index in [9.17, 15) is 0 Å². The van der Waals surface area contributed by atoms with E-state index < -0.39 is 0 Å². The van der Waals surface area contributed by atoms with Gasteiger partial charge in [0.2, 0.25) is 5.88 Å². The van der Waals surface area contributed by atoms with Gasteiger partial charge in [0.05, 0.1) is 17.5 Å². The molecule has 1 heterocycles. The van der Waals surface area contributed by atoms with Crippen molar-refractivity contribution >= 4 is 10.9 Å². The van der Waals surface area contributed by atoms with E-state index in [0.717, 1.165) is 22.4 Å². The molecule has 20 heavy (non-hydrogen) atoms. The average molecular weight is 266 g/mol. The predicted molar refractivity (Wildman–Crippen MR) is 77.2 cm³/mol. The number of nitrogens with zero attached hydrogens (tertiary/aromatic N) is 2. The van der Waals surface area contributed by atoms with Crippen molar-refractivity contribution < 1.29 is 9.47 Å². The third-order valence-corrected chi connectivity index (χ3v) is 2.86. The zero-order valence-electron chi connectivity index (χ0n) is 11.1. The molecule has 0 atom stereocenters. The Balaban J connectivity index is 1.89. The molecule has 100 valence electrons. The molecular formula is C16H14N2O2. The largest absolute Gasteiger partial charge is 0.494 e. The van der Waals surface area contributed by atoms with Gasteiger partial charge in [-0.05, 0) is 43.3 Å². The van der Waals surface area contributed by atoms with Crippen molar-refractivity contribution in [3.8, 4) is 17.4 Å². The first kappa shape index (κ1) is 12.4. The van der Waals surface area contributed by atoms with Crippen LogP contribution in [0.4, 0.5) is 0 Å². The van der Waals surface area contributed by atoms with Gasteiger partial charge in [0.1, 0.15) is 17.8 Å². The predicted octanol–water partition coefficient (Wildman–Crippen LogP) is 3.82. The highest BCUT2D eigenvalue weighted by Gasteiger charge is 2.05. The molecule has 0 radical (unpaired) electrons. The fourth-order valence-corrected chi connectivity index (χ4v) is 1.94. The van der Waals surface area contributed by atoms with Crippen molar-refractivity contribution in [3.63, 3.8) is 0 Å². The lowest BCUT2D eigenvalue weighted by molar-refractivity contribution is 0.339. The summed E-state index contributed by atoms with van der Waals surface area (Å²) < 4.78 is 11.2. The monoisotopic (exact) mass is 266 g/mol. The van der Waals surface area contributed by atoms with Crippen LogP contribution in [0.5, 0.6) is 17.4 Å². The molecule has 0 spiro atoms. The summed E-state index contributed by atoms with van der Waals surface area (Å²) in [5.41, 5.74) is 0.864. The molecule has 4 nitrogen and oxygen atoms in total. The summed E-state index contributed by atoms with van der Waals surface area (Å²) in [5.74, 6) is 2.10. The molecule has 0 fully saturated rings. The number of rotatable bonds is 4. The van der Waals surface area contributed by atoms with Gasteiger partial charge in [0.25, 0.3) is 0 Å². The van der Waals surface area contributed by atoms with E-state index >= 15 is 0 Å². The Morgan fingerprint density at radius 1 is 0.900 bits per heavy atom. The number of hydrogen-bond donors (Lipinski definition) is 0. The van der Waals surface area contributed by atoms with Crippen molar-refractivity contribution in [2.45, 2.75) is 6.92 Å². The Labute approximate surface area is 117 Å². The molecule has 0 unspecified atom stereocenters. The van der Waals surface area contributed by atoms with Crippen LogP contribution in [0.15, 0.2) is 54.9 Å². The molecule has 0 bridgehead atoms. The molecule has 0 saturated carbocycles. The molecule has 0 saturated heterocycles. The van der Waals surface area contributed by atoms with Crippen molar-refractivity contribution in [1.82, 2.24) is 9.97 Å². The van der Waals surface area contributed by atoms with E-state index in [1.807, 2.05) is 55.5 Å². The Morgan fingerprint density at radius 2 is 1.65 bits per heavy atom. The van der Waals surface area contributed by atoms with Gasteiger partial charge in [-0.3, -0.25) is 0 Å². The van der Waals surface area contributed by atoms with Crippen molar-refractivity contribution in [2.75, 3.05) is 6.61 Å². The van der Waals surface area contributed by atoms with E-state index in [0.29, 0.717) is 12.5 Å².